The van der Waals surface area contributed by atoms with Crippen LogP contribution in [0.25, 0.3) is 0 Å². The third-order valence-corrected chi connectivity index (χ3v) is 6.75. The first kappa shape index (κ1) is 22.5. The Hall–Kier alpha value is -2.17. The van der Waals surface area contributed by atoms with Crippen LogP contribution in [0.3, 0.4) is 0 Å². The van der Waals surface area contributed by atoms with Crippen LogP contribution in [0, 0.1) is 25.7 Å². The van der Waals surface area contributed by atoms with Crippen molar-refractivity contribution in [1.82, 2.24) is 10.2 Å². The first-order valence-corrected chi connectivity index (χ1v) is 11.3. The zero-order valence-electron chi connectivity index (χ0n) is 19.1. The molecule has 0 aromatic heterocycles. The van der Waals surface area contributed by atoms with Crippen LogP contribution >= 0.6 is 0 Å². The maximum Gasteiger partial charge on any atom is 0.233 e. The average Bonchev–Trinajstić information content (AvgIpc) is 2.92. The van der Waals surface area contributed by atoms with Crippen molar-refractivity contribution in [2.75, 3.05) is 13.1 Å². The molecule has 5 heteroatoms. The van der Waals surface area contributed by atoms with Gasteiger partial charge in [-0.3, -0.25) is 19.3 Å². The van der Waals surface area contributed by atoms with E-state index in [9.17, 15) is 14.4 Å². The predicted molar refractivity (Wildman–Crippen MR) is 118 cm³/mol. The van der Waals surface area contributed by atoms with Crippen LogP contribution in [0.15, 0.2) is 12.1 Å². The van der Waals surface area contributed by atoms with Crippen molar-refractivity contribution >= 4 is 17.7 Å². The van der Waals surface area contributed by atoms with Crippen LogP contribution < -0.4 is 5.32 Å². The van der Waals surface area contributed by atoms with Gasteiger partial charge < -0.3 is 5.32 Å². The molecule has 1 aromatic rings. The van der Waals surface area contributed by atoms with Crippen LogP contribution in [0.5, 0.6) is 0 Å². The molecule has 5 nitrogen and oxygen atoms in total. The predicted octanol–water partition coefficient (Wildman–Crippen LogP) is 3.82. The van der Waals surface area contributed by atoms with E-state index in [0.29, 0.717) is 6.54 Å². The second-order valence-electron chi connectivity index (χ2n) is 10.0. The van der Waals surface area contributed by atoms with E-state index in [1.54, 1.807) is 0 Å². The number of hydrogen-bond acceptors (Lipinski definition) is 3. The Morgan fingerprint density at radius 3 is 2.07 bits per heavy atom. The van der Waals surface area contributed by atoms with E-state index in [2.05, 4.69) is 52.1 Å². The van der Waals surface area contributed by atoms with Crippen molar-refractivity contribution in [2.24, 2.45) is 11.8 Å². The monoisotopic (exact) mass is 412 g/mol. The number of fused-ring (bicyclic) bond motifs is 1. The SMILES string of the molecule is Cc1cc(C(C)(C)C)cc(C)c1CCNC(=O)CCN1C(=O)[C@@H]2CCCC[C@H]2C1=O. The molecule has 0 bridgehead atoms. The fourth-order valence-corrected chi connectivity index (χ4v) is 4.90. The molecule has 1 saturated carbocycles. The molecule has 0 radical (unpaired) electrons. The molecule has 2 aliphatic rings. The number of nitrogens with zero attached hydrogens (tertiary/aromatic N) is 1. The molecule has 1 N–H and O–H groups in total. The maximum absolute atomic E-state index is 12.5. The lowest BCUT2D eigenvalue weighted by molar-refractivity contribution is -0.140. The zero-order chi connectivity index (χ0) is 22.1. The van der Waals surface area contributed by atoms with Gasteiger partial charge in [-0.05, 0) is 60.8 Å². The highest BCUT2D eigenvalue weighted by atomic mass is 16.2. The zero-order valence-corrected chi connectivity index (χ0v) is 19.1. The van der Waals surface area contributed by atoms with E-state index in [0.717, 1.165) is 32.1 Å². The van der Waals surface area contributed by atoms with Gasteiger partial charge >= 0.3 is 0 Å². The first-order chi connectivity index (χ1) is 14.1. The van der Waals surface area contributed by atoms with Crippen LogP contribution in [0.4, 0.5) is 0 Å². The van der Waals surface area contributed by atoms with Crippen LogP contribution in [0.1, 0.15) is 75.1 Å². The van der Waals surface area contributed by atoms with Gasteiger partial charge in [0.1, 0.15) is 0 Å². The lowest BCUT2D eigenvalue weighted by Gasteiger charge is -2.22. The van der Waals surface area contributed by atoms with Gasteiger partial charge in [0, 0.05) is 19.5 Å². The molecule has 2 atom stereocenters. The second-order valence-corrected chi connectivity index (χ2v) is 10.0. The van der Waals surface area contributed by atoms with Gasteiger partial charge in [-0.1, -0.05) is 45.7 Å². The number of amides is 3. The van der Waals surface area contributed by atoms with Gasteiger partial charge in [-0.2, -0.15) is 0 Å². The van der Waals surface area contributed by atoms with Crippen molar-refractivity contribution in [3.05, 3.63) is 34.4 Å². The molecule has 0 unspecified atom stereocenters. The lowest BCUT2D eigenvalue weighted by Crippen LogP contribution is -2.36. The van der Waals surface area contributed by atoms with Crippen molar-refractivity contribution in [3.63, 3.8) is 0 Å². The fraction of sp³-hybridized carbons (Fsp3) is 0.640. The number of benzene rings is 1. The highest BCUT2D eigenvalue weighted by Crippen LogP contribution is 2.38. The highest BCUT2D eigenvalue weighted by molar-refractivity contribution is 6.05. The van der Waals surface area contributed by atoms with E-state index >= 15 is 0 Å². The van der Waals surface area contributed by atoms with Crippen molar-refractivity contribution < 1.29 is 14.4 Å². The minimum absolute atomic E-state index is 0.0670. The van der Waals surface area contributed by atoms with E-state index in [1.807, 2.05) is 0 Å². The van der Waals surface area contributed by atoms with Gasteiger partial charge in [0.2, 0.25) is 17.7 Å². The Kier molecular flexibility index (Phi) is 6.68. The number of hydrogen-bond donors (Lipinski definition) is 1. The second kappa shape index (κ2) is 8.91. The number of rotatable bonds is 6. The minimum Gasteiger partial charge on any atom is -0.356 e. The van der Waals surface area contributed by atoms with Gasteiger partial charge in [0.15, 0.2) is 0 Å². The topological polar surface area (TPSA) is 66.5 Å². The highest BCUT2D eigenvalue weighted by Gasteiger charge is 2.47. The molecule has 1 aromatic carbocycles. The maximum atomic E-state index is 12.5. The smallest absolute Gasteiger partial charge is 0.233 e. The standard InChI is InChI=1S/C25H36N2O3/c1-16-14-18(25(3,4)5)15-17(2)19(16)10-12-26-22(28)11-13-27-23(29)20-8-6-7-9-21(20)24(27)30/h14-15,20-21H,6-13H2,1-5H3,(H,26,28)/t20-,21-/m1/s1. The summed E-state index contributed by atoms with van der Waals surface area (Å²) in [6.45, 7) is 11.7. The molecule has 3 amide bonds. The summed E-state index contributed by atoms with van der Waals surface area (Å²) in [4.78, 5) is 38.7. The lowest BCUT2D eigenvalue weighted by atomic mass is 9.81. The fourth-order valence-electron chi connectivity index (χ4n) is 4.90. The third-order valence-electron chi connectivity index (χ3n) is 6.75. The number of aryl methyl sites for hydroxylation is 2. The third kappa shape index (κ3) is 4.76. The summed E-state index contributed by atoms with van der Waals surface area (Å²) in [5.74, 6) is -0.523. The quantitative estimate of drug-likeness (QED) is 0.722. The van der Waals surface area contributed by atoms with Crippen molar-refractivity contribution in [3.8, 4) is 0 Å². The average molecular weight is 413 g/mol. The summed E-state index contributed by atoms with van der Waals surface area (Å²) in [6.07, 6.45) is 4.61. The number of nitrogens with one attached hydrogen (secondary N) is 1. The van der Waals surface area contributed by atoms with Crippen LogP contribution in [-0.4, -0.2) is 35.7 Å². The number of carbonyl (C=O) groups is 3. The van der Waals surface area contributed by atoms with Gasteiger partial charge in [0.05, 0.1) is 11.8 Å². The molecule has 1 aliphatic heterocycles. The molecule has 3 rings (SSSR count). The van der Waals surface area contributed by atoms with Gasteiger partial charge in [0.25, 0.3) is 0 Å². The molecule has 2 fully saturated rings. The molecule has 30 heavy (non-hydrogen) atoms. The number of likely N-dealkylation sites (tertiary alicyclic amines) is 1. The summed E-state index contributed by atoms with van der Waals surface area (Å²) < 4.78 is 0. The Bertz CT molecular complexity index is 790. The Balaban J connectivity index is 1.49. The molecule has 1 saturated heterocycles. The van der Waals surface area contributed by atoms with E-state index < -0.39 is 0 Å². The minimum atomic E-state index is -0.142. The molecule has 164 valence electrons. The molecule has 0 spiro atoms. The van der Waals surface area contributed by atoms with E-state index in [4.69, 9.17) is 0 Å². The largest absolute Gasteiger partial charge is 0.356 e. The summed E-state index contributed by atoms with van der Waals surface area (Å²) >= 11 is 0. The molecular weight excluding hydrogens is 376 g/mol. The summed E-state index contributed by atoms with van der Waals surface area (Å²) in [7, 11) is 0. The van der Waals surface area contributed by atoms with E-state index in [1.165, 1.54) is 27.2 Å². The molecule has 1 aliphatic carbocycles. The van der Waals surface area contributed by atoms with Gasteiger partial charge in [-0.15, -0.1) is 0 Å². The van der Waals surface area contributed by atoms with Crippen LogP contribution in [-0.2, 0) is 26.2 Å². The summed E-state index contributed by atoms with van der Waals surface area (Å²) in [5, 5.41) is 2.96. The van der Waals surface area contributed by atoms with Crippen molar-refractivity contribution in [2.45, 2.75) is 78.6 Å². The summed E-state index contributed by atoms with van der Waals surface area (Å²) in [5.41, 5.74) is 5.22. The normalized spacial score (nSPS) is 21.7. The first-order valence-electron chi connectivity index (χ1n) is 11.3. The number of carbonyl (C=O) groups excluding carboxylic acids is 3. The van der Waals surface area contributed by atoms with Gasteiger partial charge in [-0.25, -0.2) is 0 Å². The van der Waals surface area contributed by atoms with Crippen molar-refractivity contribution in [1.29, 1.82) is 0 Å². The molecular formula is C25H36N2O3. The Morgan fingerprint density at radius 1 is 1.03 bits per heavy atom. The van der Waals surface area contributed by atoms with E-state index in [-0.39, 0.29) is 47.9 Å². The summed E-state index contributed by atoms with van der Waals surface area (Å²) in [6, 6.07) is 4.49. The Labute approximate surface area is 180 Å². The number of imide groups is 1. The van der Waals surface area contributed by atoms with Crippen LogP contribution in [0.2, 0.25) is 0 Å². The Morgan fingerprint density at radius 2 is 1.57 bits per heavy atom. The molecule has 1 heterocycles.